The quantitative estimate of drug-likeness (QED) is 0.0998. The molecule has 0 atom stereocenters. The van der Waals surface area contributed by atoms with E-state index >= 15 is 0 Å². The number of ketones is 2. The van der Waals surface area contributed by atoms with Crippen LogP contribution in [-0.4, -0.2) is 11.6 Å². The number of hydrogen-bond donors (Lipinski definition) is 0. The lowest BCUT2D eigenvalue weighted by Gasteiger charge is -2.04. The van der Waals surface area contributed by atoms with Crippen molar-refractivity contribution < 1.29 is 9.59 Å². The van der Waals surface area contributed by atoms with Gasteiger partial charge in [-0.3, -0.25) is 9.59 Å². The highest BCUT2D eigenvalue weighted by atomic mass is 16.1. The lowest BCUT2D eigenvalue weighted by atomic mass is 10.0. The molecule has 0 aliphatic heterocycles. The van der Waals surface area contributed by atoms with Gasteiger partial charge in [-0.15, -0.1) is 0 Å². The maximum atomic E-state index is 11.4. The number of Topliss-reactive ketones (excluding diaryl/α,β-unsaturated/α-hetero) is 2. The highest BCUT2D eigenvalue weighted by molar-refractivity contribution is 5.97. The van der Waals surface area contributed by atoms with Crippen molar-refractivity contribution >= 4 is 11.6 Å². The first-order chi connectivity index (χ1) is 15.2. The van der Waals surface area contributed by atoms with Crippen LogP contribution in [0.25, 0.3) is 0 Å². The Hall–Kier alpha value is -0.660. The Morgan fingerprint density at radius 2 is 0.677 bits per heavy atom. The first-order valence-corrected chi connectivity index (χ1v) is 14.2. The number of carbonyl (C=O) groups is 2. The van der Waals surface area contributed by atoms with Gasteiger partial charge in [0.1, 0.15) is 11.6 Å². The molecule has 0 saturated heterocycles. The normalized spacial score (nSPS) is 11.2. The van der Waals surface area contributed by atoms with Crippen LogP contribution in [0.4, 0.5) is 0 Å². The number of hydrogen-bond acceptors (Lipinski definition) is 2. The number of unbranched alkanes of at least 4 members (excludes halogenated alkanes) is 22. The fraction of sp³-hybridized carbons (Fsp3) is 0.931. The lowest BCUT2D eigenvalue weighted by Crippen LogP contribution is -2.03. The Balaban J connectivity index is 3.06. The minimum Gasteiger partial charge on any atom is -0.300 e. The van der Waals surface area contributed by atoms with E-state index in [4.69, 9.17) is 0 Å². The van der Waals surface area contributed by atoms with Gasteiger partial charge in [0, 0.05) is 6.42 Å². The summed E-state index contributed by atoms with van der Waals surface area (Å²) < 4.78 is 0. The topological polar surface area (TPSA) is 34.1 Å². The summed E-state index contributed by atoms with van der Waals surface area (Å²) in [6.45, 7) is 3.79. The van der Waals surface area contributed by atoms with E-state index in [-0.39, 0.29) is 18.0 Å². The molecular weight excluding hydrogens is 380 g/mol. The molecule has 0 bridgehead atoms. The van der Waals surface area contributed by atoms with Crippen molar-refractivity contribution in [3.8, 4) is 0 Å². The Morgan fingerprint density at radius 1 is 0.419 bits per heavy atom. The minimum atomic E-state index is -0.000848. The molecule has 0 aliphatic rings. The molecule has 0 N–H and O–H groups in total. The Morgan fingerprint density at radius 3 is 0.935 bits per heavy atom. The van der Waals surface area contributed by atoms with Crippen LogP contribution in [0.3, 0.4) is 0 Å². The molecule has 0 fully saturated rings. The molecule has 0 rings (SSSR count). The maximum absolute atomic E-state index is 11.4. The highest BCUT2D eigenvalue weighted by Crippen LogP contribution is 2.15. The van der Waals surface area contributed by atoms with E-state index in [1.807, 2.05) is 0 Å². The summed E-state index contributed by atoms with van der Waals surface area (Å²) in [4.78, 5) is 22.3. The zero-order valence-electron chi connectivity index (χ0n) is 21.5. The monoisotopic (exact) mass is 436 g/mol. The minimum absolute atomic E-state index is 0.000848. The van der Waals surface area contributed by atoms with Crippen LogP contribution in [0.5, 0.6) is 0 Å². The summed E-state index contributed by atoms with van der Waals surface area (Å²) in [5.74, 6) is 0.120. The summed E-state index contributed by atoms with van der Waals surface area (Å²) in [7, 11) is 0. The zero-order chi connectivity index (χ0) is 22.8. The van der Waals surface area contributed by atoms with Crippen molar-refractivity contribution in [3.05, 3.63) is 0 Å². The van der Waals surface area contributed by atoms with Crippen LogP contribution in [0.15, 0.2) is 0 Å². The molecule has 184 valence electrons. The lowest BCUT2D eigenvalue weighted by molar-refractivity contribution is -0.125. The summed E-state index contributed by atoms with van der Waals surface area (Å²) in [6.07, 6.45) is 32.6. The van der Waals surface area contributed by atoms with Crippen molar-refractivity contribution in [3.63, 3.8) is 0 Å². The van der Waals surface area contributed by atoms with Crippen LogP contribution >= 0.6 is 0 Å². The van der Waals surface area contributed by atoms with Crippen LogP contribution in [-0.2, 0) is 9.59 Å². The third-order valence-electron chi connectivity index (χ3n) is 6.51. The molecule has 0 aromatic heterocycles. The molecule has 2 nitrogen and oxygen atoms in total. The molecule has 0 amide bonds. The molecule has 0 unspecified atom stereocenters. The van der Waals surface area contributed by atoms with Gasteiger partial charge in [0.15, 0.2) is 0 Å². The van der Waals surface area contributed by atoms with Gasteiger partial charge in [0.25, 0.3) is 0 Å². The Bertz CT molecular complexity index is 388. The molecule has 2 heteroatoms. The standard InChI is InChI=1S/C29H56O2/c1-3-4-5-6-7-8-9-10-11-12-13-14-15-16-17-18-19-20-21-22-23-24-25-26-29(31)27-28(2)30/h3-27H2,1-2H3. The maximum Gasteiger partial charge on any atom is 0.140 e. The molecule has 0 spiro atoms. The second-order valence-electron chi connectivity index (χ2n) is 9.95. The summed E-state index contributed by atoms with van der Waals surface area (Å²) in [5, 5.41) is 0. The second-order valence-corrected chi connectivity index (χ2v) is 9.95. The average molecular weight is 437 g/mol. The highest BCUT2D eigenvalue weighted by Gasteiger charge is 2.04. The van der Waals surface area contributed by atoms with Gasteiger partial charge in [-0.25, -0.2) is 0 Å². The van der Waals surface area contributed by atoms with Crippen molar-refractivity contribution in [1.82, 2.24) is 0 Å². The van der Waals surface area contributed by atoms with Crippen LogP contribution in [0, 0.1) is 0 Å². The largest absolute Gasteiger partial charge is 0.300 e. The zero-order valence-corrected chi connectivity index (χ0v) is 21.5. The van der Waals surface area contributed by atoms with Crippen LogP contribution < -0.4 is 0 Å². The van der Waals surface area contributed by atoms with Gasteiger partial charge < -0.3 is 0 Å². The molecule has 0 aromatic carbocycles. The summed E-state index contributed by atoms with van der Waals surface area (Å²) >= 11 is 0. The van der Waals surface area contributed by atoms with E-state index in [9.17, 15) is 9.59 Å². The van der Waals surface area contributed by atoms with Gasteiger partial charge in [-0.2, -0.15) is 0 Å². The predicted octanol–water partition coefficient (Wildman–Crippen LogP) is 9.92. The first-order valence-electron chi connectivity index (χ1n) is 14.2. The summed E-state index contributed by atoms with van der Waals surface area (Å²) in [5.41, 5.74) is 0. The first kappa shape index (κ1) is 30.3. The predicted molar refractivity (Wildman–Crippen MR) is 137 cm³/mol. The van der Waals surface area contributed by atoms with Crippen LogP contribution in [0.2, 0.25) is 0 Å². The third kappa shape index (κ3) is 27.3. The van der Waals surface area contributed by atoms with Gasteiger partial charge in [0.2, 0.25) is 0 Å². The smallest absolute Gasteiger partial charge is 0.140 e. The molecular formula is C29H56O2. The molecule has 0 saturated carbocycles. The SMILES string of the molecule is CCCCCCCCCCCCCCCCCCCCCCCCCC(=O)CC(C)=O. The number of rotatable bonds is 26. The molecule has 0 radical (unpaired) electrons. The van der Waals surface area contributed by atoms with Gasteiger partial charge in [0.05, 0.1) is 6.42 Å². The Kier molecular flexibility index (Phi) is 25.1. The van der Waals surface area contributed by atoms with E-state index in [2.05, 4.69) is 6.92 Å². The van der Waals surface area contributed by atoms with E-state index in [1.54, 1.807) is 0 Å². The van der Waals surface area contributed by atoms with E-state index in [1.165, 1.54) is 142 Å². The van der Waals surface area contributed by atoms with E-state index in [0.29, 0.717) is 6.42 Å². The summed E-state index contributed by atoms with van der Waals surface area (Å²) in [6, 6.07) is 0. The van der Waals surface area contributed by atoms with Crippen molar-refractivity contribution in [2.24, 2.45) is 0 Å². The van der Waals surface area contributed by atoms with Crippen LogP contribution in [0.1, 0.15) is 174 Å². The van der Waals surface area contributed by atoms with Crippen molar-refractivity contribution in [1.29, 1.82) is 0 Å². The van der Waals surface area contributed by atoms with Gasteiger partial charge in [-0.05, 0) is 13.3 Å². The fourth-order valence-corrected chi connectivity index (χ4v) is 4.47. The average Bonchev–Trinajstić information content (AvgIpc) is 2.73. The second kappa shape index (κ2) is 25.6. The third-order valence-corrected chi connectivity index (χ3v) is 6.51. The Labute approximate surface area is 195 Å². The van der Waals surface area contributed by atoms with E-state index in [0.717, 1.165) is 12.8 Å². The number of carbonyl (C=O) groups excluding carboxylic acids is 2. The van der Waals surface area contributed by atoms with Gasteiger partial charge >= 0.3 is 0 Å². The van der Waals surface area contributed by atoms with Gasteiger partial charge in [-0.1, -0.05) is 148 Å². The van der Waals surface area contributed by atoms with E-state index < -0.39 is 0 Å². The molecule has 0 aliphatic carbocycles. The molecule has 0 heterocycles. The fourth-order valence-electron chi connectivity index (χ4n) is 4.47. The molecule has 31 heavy (non-hydrogen) atoms. The molecule has 0 aromatic rings. The van der Waals surface area contributed by atoms with Crippen molar-refractivity contribution in [2.75, 3.05) is 0 Å². The van der Waals surface area contributed by atoms with Crippen molar-refractivity contribution in [2.45, 2.75) is 174 Å².